The molecule has 1 saturated heterocycles. The Labute approximate surface area is 192 Å². The third-order valence-electron chi connectivity index (χ3n) is 6.18. The molecule has 7 nitrogen and oxygen atoms in total. The minimum atomic E-state index is -4.65. The van der Waals surface area contributed by atoms with E-state index in [0.717, 1.165) is 12.5 Å². The zero-order valence-electron chi connectivity index (χ0n) is 17.5. The molecule has 0 N–H and O–H groups in total. The summed E-state index contributed by atoms with van der Waals surface area (Å²) < 4.78 is 47.2. The molecule has 11 heteroatoms. The standard InChI is InChI=1S/C22H19ClF3N5O2/c1-33-13-8-9-27-16(10-13)19-28-29-20-17-7-2-4-12(11-30(19)20)31(17)21(32)14-5-3-6-15(18(14)23)22(24,25)26/h3,5-6,8-10,12,17H,2,4,7,11H2,1H3/t12-,17+/m1/s1. The Morgan fingerprint density at radius 3 is 2.79 bits per heavy atom. The number of nitrogens with zero attached hydrogens (tertiary/aromatic N) is 5. The number of pyridine rings is 1. The number of alkyl halides is 3. The molecule has 0 aliphatic carbocycles. The molecular formula is C22H19ClF3N5O2. The number of benzene rings is 1. The minimum Gasteiger partial charge on any atom is -0.497 e. The van der Waals surface area contributed by atoms with Gasteiger partial charge in [-0.25, -0.2) is 0 Å². The molecule has 172 valence electrons. The fourth-order valence-electron chi connectivity index (χ4n) is 4.68. The lowest BCUT2D eigenvalue weighted by molar-refractivity contribution is -0.137. The van der Waals surface area contributed by atoms with Gasteiger partial charge in [-0.1, -0.05) is 17.7 Å². The molecule has 4 heterocycles. The minimum absolute atomic E-state index is 0.161. The number of fused-ring (bicyclic) bond motifs is 4. The summed E-state index contributed by atoms with van der Waals surface area (Å²) in [6.07, 6.45) is -0.826. The summed E-state index contributed by atoms with van der Waals surface area (Å²) in [5.41, 5.74) is -0.593. The number of aromatic nitrogens is 4. The summed E-state index contributed by atoms with van der Waals surface area (Å²) in [6.45, 7) is 0.412. The van der Waals surface area contributed by atoms with Gasteiger partial charge in [0.15, 0.2) is 11.6 Å². The van der Waals surface area contributed by atoms with Gasteiger partial charge in [0, 0.05) is 18.8 Å². The average molecular weight is 478 g/mol. The molecule has 0 saturated carbocycles. The number of methoxy groups -OCH3 is 1. The molecule has 2 aliphatic heterocycles. The second kappa shape index (κ2) is 8.02. The highest BCUT2D eigenvalue weighted by Gasteiger charge is 2.44. The van der Waals surface area contributed by atoms with Crippen LogP contribution in [0.4, 0.5) is 13.2 Å². The van der Waals surface area contributed by atoms with E-state index in [-0.39, 0.29) is 11.6 Å². The first-order valence-corrected chi connectivity index (χ1v) is 10.8. The molecule has 2 atom stereocenters. The Bertz CT molecular complexity index is 1230. The van der Waals surface area contributed by atoms with Crippen molar-refractivity contribution in [3.05, 3.63) is 58.5 Å². The average Bonchev–Trinajstić information content (AvgIpc) is 3.21. The molecule has 5 rings (SSSR count). The summed E-state index contributed by atoms with van der Waals surface area (Å²) >= 11 is 6.06. The van der Waals surface area contributed by atoms with Gasteiger partial charge in [-0.3, -0.25) is 9.78 Å². The number of rotatable bonds is 3. The van der Waals surface area contributed by atoms with E-state index < -0.39 is 28.7 Å². The number of hydrogen-bond acceptors (Lipinski definition) is 5. The van der Waals surface area contributed by atoms with Crippen LogP contribution in [0, 0.1) is 0 Å². The fourth-order valence-corrected chi connectivity index (χ4v) is 4.99. The first-order valence-electron chi connectivity index (χ1n) is 10.4. The van der Waals surface area contributed by atoms with Crippen LogP contribution in [0.3, 0.4) is 0 Å². The second-order valence-electron chi connectivity index (χ2n) is 8.05. The van der Waals surface area contributed by atoms with Crippen LogP contribution < -0.4 is 4.74 Å². The van der Waals surface area contributed by atoms with Crippen LogP contribution >= 0.6 is 11.6 Å². The van der Waals surface area contributed by atoms with Gasteiger partial charge in [0.25, 0.3) is 5.91 Å². The lowest BCUT2D eigenvalue weighted by Crippen LogP contribution is -2.52. The molecular weight excluding hydrogens is 459 g/mol. The SMILES string of the molecule is COc1ccnc(-c2nnc3n2C[C@H]2CCC[C@@H]3N2C(=O)c2cccc(C(F)(F)F)c2Cl)c1. The van der Waals surface area contributed by atoms with Gasteiger partial charge >= 0.3 is 6.18 Å². The number of piperidine rings is 1. The van der Waals surface area contributed by atoms with Gasteiger partial charge in [-0.05, 0) is 37.5 Å². The van der Waals surface area contributed by atoms with E-state index in [1.165, 1.54) is 12.1 Å². The number of carbonyl (C=O) groups excluding carboxylic acids is 1. The van der Waals surface area contributed by atoms with Crippen LogP contribution in [0.2, 0.25) is 5.02 Å². The van der Waals surface area contributed by atoms with Crippen LogP contribution in [-0.4, -0.2) is 43.7 Å². The highest BCUT2D eigenvalue weighted by molar-refractivity contribution is 6.34. The van der Waals surface area contributed by atoms with E-state index in [1.807, 2.05) is 4.57 Å². The summed E-state index contributed by atoms with van der Waals surface area (Å²) in [4.78, 5) is 19.5. The third kappa shape index (κ3) is 3.62. The topological polar surface area (TPSA) is 73.1 Å². The fraction of sp³-hybridized carbons (Fsp3) is 0.364. The first kappa shape index (κ1) is 21.7. The molecule has 0 radical (unpaired) electrons. The Balaban J connectivity index is 1.54. The predicted molar refractivity (Wildman–Crippen MR) is 113 cm³/mol. The van der Waals surface area contributed by atoms with Crippen LogP contribution in [0.25, 0.3) is 11.5 Å². The summed E-state index contributed by atoms with van der Waals surface area (Å²) in [5, 5.41) is 8.07. The van der Waals surface area contributed by atoms with Gasteiger partial charge in [0.1, 0.15) is 11.4 Å². The van der Waals surface area contributed by atoms with Crippen molar-refractivity contribution in [2.45, 2.75) is 44.1 Å². The monoisotopic (exact) mass is 477 g/mol. The first-order chi connectivity index (χ1) is 15.8. The van der Waals surface area contributed by atoms with Crippen molar-refractivity contribution in [3.8, 4) is 17.3 Å². The van der Waals surface area contributed by atoms with Crippen molar-refractivity contribution in [3.63, 3.8) is 0 Å². The van der Waals surface area contributed by atoms with Crippen molar-refractivity contribution in [2.24, 2.45) is 0 Å². The van der Waals surface area contributed by atoms with Gasteiger partial charge in [-0.2, -0.15) is 13.2 Å². The zero-order chi connectivity index (χ0) is 23.3. The number of hydrogen-bond donors (Lipinski definition) is 0. The number of amides is 1. The molecule has 1 aromatic carbocycles. The van der Waals surface area contributed by atoms with Crippen molar-refractivity contribution in [1.29, 1.82) is 0 Å². The maximum atomic E-state index is 13.5. The highest BCUT2D eigenvalue weighted by atomic mass is 35.5. The molecule has 2 aromatic heterocycles. The van der Waals surface area contributed by atoms with Crippen LogP contribution in [0.1, 0.15) is 47.1 Å². The molecule has 0 unspecified atom stereocenters. The van der Waals surface area contributed by atoms with E-state index in [2.05, 4.69) is 15.2 Å². The van der Waals surface area contributed by atoms with E-state index in [4.69, 9.17) is 16.3 Å². The Morgan fingerprint density at radius 2 is 2.03 bits per heavy atom. The number of carbonyl (C=O) groups is 1. The highest BCUT2D eigenvalue weighted by Crippen LogP contribution is 2.43. The smallest absolute Gasteiger partial charge is 0.417 e. The van der Waals surface area contributed by atoms with E-state index in [1.54, 1.807) is 30.3 Å². The summed E-state index contributed by atoms with van der Waals surface area (Å²) in [5.74, 6) is 1.24. The van der Waals surface area contributed by atoms with Gasteiger partial charge in [-0.15, -0.1) is 10.2 Å². The maximum Gasteiger partial charge on any atom is 0.417 e. The Morgan fingerprint density at radius 1 is 1.21 bits per heavy atom. The van der Waals surface area contributed by atoms with Crippen LogP contribution in [0.15, 0.2) is 36.5 Å². The second-order valence-corrected chi connectivity index (χ2v) is 8.43. The quantitative estimate of drug-likeness (QED) is 0.543. The van der Waals surface area contributed by atoms with Crippen molar-refractivity contribution >= 4 is 17.5 Å². The maximum absolute atomic E-state index is 13.5. The Kier molecular flexibility index (Phi) is 5.27. The summed E-state index contributed by atoms with van der Waals surface area (Å²) in [7, 11) is 1.56. The molecule has 2 aliphatic rings. The zero-order valence-corrected chi connectivity index (χ0v) is 18.3. The largest absolute Gasteiger partial charge is 0.497 e. The third-order valence-corrected chi connectivity index (χ3v) is 6.59. The van der Waals surface area contributed by atoms with Gasteiger partial charge in [0.05, 0.1) is 35.3 Å². The van der Waals surface area contributed by atoms with E-state index in [9.17, 15) is 18.0 Å². The lowest BCUT2D eigenvalue weighted by Gasteiger charge is -2.45. The number of halogens is 4. The summed E-state index contributed by atoms with van der Waals surface area (Å²) in [6, 6.07) is 6.26. The lowest BCUT2D eigenvalue weighted by atomic mass is 9.90. The van der Waals surface area contributed by atoms with Gasteiger partial charge in [0.2, 0.25) is 0 Å². The molecule has 2 bridgehead atoms. The number of ether oxygens (including phenoxy) is 1. The van der Waals surface area contributed by atoms with Crippen molar-refractivity contribution in [2.75, 3.05) is 7.11 Å². The van der Waals surface area contributed by atoms with E-state index in [0.29, 0.717) is 42.5 Å². The van der Waals surface area contributed by atoms with Crippen molar-refractivity contribution in [1.82, 2.24) is 24.6 Å². The van der Waals surface area contributed by atoms with Crippen LogP contribution in [-0.2, 0) is 12.7 Å². The molecule has 0 spiro atoms. The van der Waals surface area contributed by atoms with E-state index >= 15 is 0 Å². The Hall–Kier alpha value is -3.14. The van der Waals surface area contributed by atoms with Crippen LogP contribution in [0.5, 0.6) is 5.75 Å². The van der Waals surface area contributed by atoms with Gasteiger partial charge < -0.3 is 14.2 Å². The molecule has 3 aromatic rings. The molecule has 1 fully saturated rings. The predicted octanol–water partition coefficient (Wildman–Crippen LogP) is 4.77. The molecule has 1 amide bonds. The van der Waals surface area contributed by atoms with Crippen molar-refractivity contribution < 1.29 is 22.7 Å². The normalized spacial score (nSPS) is 19.8. The molecule has 33 heavy (non-hydrogen) atoms.